The van der Waals surface area contributed by atoms with Gasteiger partial charge in [0, 0.05) is 6.54 Å². The van der Waals surface area contributed by atoms with Crippen molar-refractivity contribution in [1.29, 1.82) is 0 Å². The highest BCUT2D eigenvalue weighted by Crippen LogP contribution is 2.54. The number of methoxy groups -OCH3 is 1. The number of halogens is 1. The Balaban J connectivity index is 1.88. The summed E-state index contributed by atoms with van der Waals surface area (Å²) in [6, 6.07) is 1.84. The van der Waals surface area contributed by atoms with E-state index in [2.05, 4.69) is 20.6 Å². The molecule has 126 valence electrons. The SMILES string of the molecule is CNCc1cn(-c2c(OC)cc3c(c2F)N=C(N)C32CCC2)nn1. The van der Waals surface area contributed by atoms with Gasteiger partial charge in [0.05, 0.1) is 24.4 Å². The average molecular weight is 330 g/mol. The zero-order valence-corrected chi connectivity index (χ0v) is 13.6. The molecule has 1 aliphatic carbocycles. The van der Waals surface area contributed by atoms with Crippen LogP contribution in [0.2, 0.25) is 0 Å². The molecule has 3 N–H and O–H groups in total. The van der Waals surface area contributed by atoms with E-state index >= 15 is 4.39 Å². The summed E-state index contributed by atoms with van der Waals surface area (Å²) in [4.78, 5) is 4.32. The number of aliphatic imine (C=N–C) groups is 1. The molecule has 8 heteroatoms. The second-order valence-corrected chi connectivity index (χ2v) is 6.26. The second kappa shape index (κ2) is 5.27. The standard InChI is InChI=1S/C16H19FN6O/c1-19-7-9-8-23(22-21-9)14-11(24-2)6-10-13(12(14)17)20-15(18)16(10)4-3-5-16/h6,8,19H,3-5,7H2,1-2H3,(H2,18,20). The Labute approximate surface area is 138 Å². The molecule has 0 bridgehead atoms. The summed E-state index contributed by atoms with van der Waals surface area (Å²) >= 11 is 0. The van der Waals surface area contributed by atoms with Gasteiger partial charge in [0.1, 0.15) is 23.0 Å². The van der Waals surface area contributed by atoms with E-state index in [1.807, 2.05) is 13.1 Å². The van der Waals surface area contributed by atoms with E-state index in [0.29, 0.717) is 29.5 Å². The maximum Gasteiger partial charge on any atom is 0.178 e. The van der Waals surface area contributed by atoms with Crippen LogP contribution in [0.4, 0.5) is 10.1 Å². The molecule has 2 aliphatic rings. The van der Waals surface area contributed by atoms with Crippen LogP contribution in [-0.4, -0.2) is 35.0 Å². The largest absolute Gasteiger partial charge is 0.494 e. The van der Waals surface area contributed by atoms with Crippen molar-refractivity contribution in [3.63, 3.8) is 0 Å². The fourth-order valence-corrected chi connectivity index (χ4v) is 3.54. The summed E-state index contributed by atoms with van der Waals surface area (Å²) in [5.41, 5.74) is 7.83. The van der Waals surface area contributed by atoms with Gasteiger partial charge in [-0.3, -0.25) is 0 Å². The van der Waals surface area contributed by atoms with E-state index in [1.54, 1.807) is 6.20 Å². The van der Waals surface area contributed by atoms with E-state index in [1.165, 1.54) is 11.8 Å². The fourth-order valence-electron chi connectivity index (χ4n) is 3.54. The highest BCUT2D eigenvalue weighted by atomic mass is 19.1. The molecule has 0 amide bonds. The van der Waals surface area contributed by atoms with Crippen molar-refractivity contribution in [3.05, 3.63) is 29.3 Å². The summed E-state index contributed by atoms with van der Waals surface area (Å²) < 4.78 is 22.1. The van der Waals surface area contributed by atoms with Gasteiger partial charge in [0.15, 0.2) is 5.82 Å². The topological polar surface area (TPSA) is 90.3 Å². The van der Waals surface area contributed by atoms with Crippen molar-refractivity contribution in [1.82, 2.24) is 20.3 Å². The van der Waals surface area contributed by atoms with Crippen LogP contribution in [0.5, 0.6) is 5.75 Å². The minimum absolute atomic E-state index is 0.207. The summed E-state index contributed by atoms with van der Waals surface area (Å²) in [6.07, 6.45) is 4.53. The zero-order chi connectivity index (χ0) is 16.9. The molecule has 0 saturated heterocycles. The molecule has 1 saturated carbocycles. The molecule has 7 nitrogen and oxygen atoms in total. The first-order valence-electron chi connectivity index (χ1n) is 7.92. The van der Waals surface area contributed by atoms with Crippen LogP contribution in [0.15, 0.2) is 17.3 Å². The first-order chi connectivity index (χ1) is 11.6. The van der Waals surface area contributed by atoms with E-state index in [4.69, 9.17) is 10.5 Å². The van der Waals surface area contributed by atoms with Crippen molar-refractivity contribution in [2.75, 3.05) is 14.2 Å². The van der Waals surface area contributed by atoms with Crippen LogP contribution in [0.3, 0.4) is 0 Å². The van der Waals surface area contributed by atoms with Gasteiger partial charge >= 0.3 is 0 Å². The molecule has 1 fully saturated rings. The predicted octanol–water partition coefficient (Wildman–Crippen LogP) is 1.56. The fraction of sp³-hybridized carbons (Fsp3) is 0.438. The predicted molar refractivity (Wildman–Crippen MR) is 87.4 cm³/mol. The van der Waals surface area contributed by atoms with Gasteiger partial charge in [0.25, 0.3) is 0 Å². The van der Waals surface area contributed by atoms with Crippen LogP contribution >= 0.6 is 0 Å². The average Bonchev–Trinajstić information content (AvgIpc) is 3.09. The molecule has 1 aromatic carbocycles. The van der Waals surface area contributed by atoms with Gasteiger partial charge in [-0.15, -0.1) is 5.10 Å². The lowest BCUT2D eigenvalue weighted by molar-refractivity contribution is 0.341. The molecule has 24 heavy (non-hydrogen) atoms. The number of benzene rings is 1. The van der Waals surface area contributed by atoms with Crippen LogP contribution in [0, 0.1) is 5.82 Å². The molecular formula is C16H19FN6O. The first kappa shape index (κ1) is 15.1. The van der Waals surface area contributed by atoms with Crippen LogP contribution < -0.4 is 15.8 Å². The Hall–Kier alpha value is -2.48. The van der Waals surface area contributed by atoms with Crippen molar-refractivity contribution < 1.29 is 9.13 Å². The van der Waals surface area contributed by atoms with Crippen LogP contribution in [0.25, 0.3) is 5.69 Å². The maximum absolute atomic E-state index is 15.2. The van der Waals surface area contributed by atoms with Crippen LogP contribution in [0.1, 0.15) is 30.5 Å². The van der Waals surface area contributed by atoms with Crippen molar-refractivity contribution in [2.45, 2.75) is 31.2 Å². The second-order valence-electron chi connectivity index (χ2n) is 6.26. The van der Waals surface area contributed by atoms with Gasteiger partial charge < -0.3 is 15.8 Å². The zero-order valence-electron chi connectivity index (χ0n) is 13.6. The highest BCUT2D eigenvalue weighted by molar-refractivity contribution is 6.00. The van der Waals surface area contributed by atoms with E-state index in [0.717, 1.165) is 24.8 Å². The Morgan fingerprint density at radius 3 is 2.88 bits per heavy atom. The number of rotatable bonds is 4. The number of hydrogen-bond acceptors (Lipinski definition) is 6. The molecule has 1 aromatic heterocycles. The Morgan fingerprint density at radius 1 is 1.46 bits per heavy atom. The van der Waals surface area contributed by atoms with E-state index in [-0.39, 0.29) is 11.1 Å². The van der Waals surface area contributed by atoms with Gasteiger partial charge in [-0.05, 0) is 31.5 Å². The number of nitrogens with zero attached hydrogens (tertiary/aromatic N) is 4. The number of nitrogens with two attached hydrogens (primary N) is 1. The number of fused-ring (bicyclic) bond motifs is 2. The van der Waals surface area contributed by atoms with E-state index in [9.17, 15) is 0 Å². The molecule has 4 rings (SSSR count). The quantitative estimate of drug-likeness (QED) is 0.888. The third kappa shape index (κ3) is 1.89. The molecule has 1 spiro atoms. The molecule has 0 atom stereocenters. The normalized spacial score (nSPS) is 17.5. The molecular weight excluding hydrogens is 311 g/mol. The number of ether oxygens (including phenoxy) is 1. The Kier molecular flexibility index (Phi) is 3.31. The smallest absolute Gasteiger partial charge is 0.178 e. The summed E-state index contributed by atoms with van der Waals surface area (Å²) in [5, 5.41) is 11.0. The van der Waals surface area contributed by atoms with Crippen molar-refractivity contribution >= 4 is 11.5 Å². The molecule has 2 aromatic rings. The monoisotopic (exact) mass is 330 g/mol. The number of amidine groups is 1. The maximum atomic E-state index is 15.2. The number of nitrogens with one attached hydrogen (secondary N) is 1. The Morgan fingerprint density at radius 2 is 2.25 bits per heavy atom. The van der Waals surface area contributed by atoms with Crippen molar-refractivity contribution in [2.24, 2.45) is 10.7 Å². The lowest BCUT2D eigenvalue weighted by Gasteiger charge is -2.39. The van der Waals surface area contributed by atoms with E-state index < -0.39 is 5.82 Å². The Bertz CT molecular complexity index is 839. The van der Waals surface area contributed by atoms with Gasteiger partial charge in [-0.1, -0.05) is 11.6 Å². The third-order valence-electron chi connectivity index (χ3n) is 4.97. The minimum Gasteiger partial charge on any atom is -0.494 e. The third-order valence-corrected chi connectivity index (χ3v) is 4.97. The van der Waals surface area contributed by atoms with Gasteiger partial charge in [-0.25, -0.2) is 14.1 Å². The highest BCUT2D eigenvalue weighted by Gasteiger charge is 2.49. The lowest BCUT2D eigenvalue weighted by Crippen LogP contribution is -2.44. The number of aromatic nitrogens is 3. The molecule has 2 heterocycles. The molecule has 1 aliphatic heterocycles. The summed E-state index contributed by atoms with van der Waals surface area (Å²) in [6.45, 7) is 0.545. The van der Waals surface area contributed by atoms with Gasteiger partial charge in [-0.2, -0.15) is 0 Å². The molecule has 0 radical (unpaired) electrons. The lowest BCUT2D eigenvalue weighted by atomic mass is 9.64. The van der Waals surface area contributed by atoms with Crippen LogP contribution in [-0.2, 0) is 12.0 Å². The van der Waals surface area contributed by atoms with Crippen molar-refractivity contribution in [3.8, 4) is 11.4 Å². The van der Waals surface area contributed by atoms with Gasteiger partial charge in [0.2, 0.25) is 0 Å². The first-order valence-corrected chi connectivity index (χ1v) is 7.92. The minimum atomic E-state index is -0.475. The molecule has 0 unspecified atom stereocenters. The summed E-state index contributed by atoms with van der Waals surface area (Å²) in [7, 11) is 3.33. The number of hydrogen-bond donors (Lipinski definition) is 2. The summed E-state index contributed by atoms with van der Waals surface area (Å²) in [5.74, 6) is 0.427.